The number of urea groups is 1. The van der Waals surface area contributed by atoms with E-state index in [0.29, 0.717) is 53.6 Å². The van der Waals surface area contributed by atoms with Crippen LogP contribution >= 0.6 is 0 Å². The second-order valence-corrected chi connectivity index (χ2v) is 8.33. The molecule has 2 aliphatic rings. The Morgan fingerprint density at radius 3 is 2.56 bits per heavy atom. The molecule has 0 saturated carbocycles. The van der Waals surface area contributed by atoms with E-state index in [2.05, 4.69) is 10.3 Å². The number of nitrogens with one attached hydrogen (secondary N) is 2. The van der Waals surface area contributed by atoms with Crippen LogP contribution in [0.1, 0.15) is 36.1 Å². The Balaban J connectivity index is 1.69. The summed E-state index contributed by atoms with van der Waals surface area (Å²) < 4.78 is 22.0. The first kappa shape index (κ1) is 21.9. The summed E-state index contributed by atoms with van der Waals surface area (Å²) in [7, 11) is 3.16. The number of methoxy groups -OCH3 is 2. The summed E-state index contributed by atoms with van der Waals surface area (Å²) in [6, 6.07) is 8.41. The molecule has 178 valence electrons. The van der Waals surface area contributed by atoms with Crippen LogP contribution in [0.15, 0.2) is 35.1 Å². The lowest BCUT2D eigenvalue weighted by Crippen LogP contribution is -2.47. The first-order valence-corrected chi connectivity index (χ1v) is 11.3. The summed E-state index contributed by atoms with van der Waals surface area (Å²) in [6.07, 6.45) is 1.45. The van der Waals surface area contributed by atoms with Gasteiger partial charge in [-0.05, 0) is 48.2 Å². The topological polar surface area (TPSA) is 102 Å². The van der Waals surface area contributed by atoms with Gasteiger partial charge in [0.15, 0.2) is 23.0 Å². The van der Waals surface area contributed by atoms with Gasteiger partial charge in [-0.1, -0.05) is 6.92 Å². The standard InChI is InChI=1S/C25H27N3O6/c1-4-6-26-25(30)28-7-5-14-9-19(31-2)20(32-3)11-16(14)23(28)17-8-15-10-21-22(34-13-33-21)12-18(15)27-24(17)29/h8-12,23H,4-7,13H2,1-3H3,(H,26,30)(H,27,29). The van der Waals surface area contributed by atoms with Crippen molar-refractivity contribution in [2.45, 2.75) is 25.8 Å². The van der Waals surface area contributed by atoms with Crippen LogP contribution < -0.4 is 29.8 Å². The monoisotopic (exact) mass is 465 g/mol. The molecule has 5 rings (SSSR count). The van der Waals surface area contributed by atoms with E-state index in [9.17, 15) is 9.59 Å². The number of pyridine rings is 1. The Kier molecular flexibility index (Phi) is 5.69. The van der Waals surface area contributed by atoms with Crippen LogP contribution in [0.3, 0.4) is 0 Å². The summed E-state index contributed by atoms with van der Waals surface area (Å²) in [6.45, 7) is 3.16. The summed E-state index contributed by atoms with van der Waals surface area (Å²) in [5.74, 6) is 2.38. The lowest BCUT2D eigenvalue weighted by Gasteiger charge is -2.37. The number of hydrogen-bond donors (Lipinski definition) is 2. The Morgan fingerprint density at radius 2 is 1.82 bits per heavy atom. The molecule has 9 nitrogen and oxygen atoms in total. The molecule has 0 aliphatic carbocycles. The lowest BCUT2D eigenvalue weighted by molar-refractivity contribution is 0.174. The second kappa shape index (κ2) is 8.81. The molecule has 2 amide bonds. The normalized spacial score (nSPS) is 16.3. The quantitative estimate of drug-likeness (QED) is 0.599. The molecule has 34 heavy (non-hydrogen) atoms. The molecule has 2 aromatic carbocycles. The zero-order chi connectivity index (χ0) is 23.8. The molecule has 0 bridgehead atoms. The number of hydrogen-bond acceptors (Lipinski definition) is 6. The molecule has 0 spiro atoms. The van der Waals surface area contributed by atoms with Crippen LogP contribution in [0.4, 0.5) is 4.79 Å². The molecule has 3 aromatic rings. The fourth-order valence-corrected chi connectivity index (χ4v) is 4.65. The molecular weight excluding hydrogens is 438 g/mol. The highest BCUT2D eigenvalue weighted by molar-refractivity contribution is 5.84. The average Bonchev–Trinajstić information content (AvgIpc) is 3.31. The van der Waals surface area contributed by atoms with Crippen molar-refractivity contribution in [3.8, 4) is 23.0 Å². The maximum Gasteiger partial charge on any atom is 0.318 e. The molecule has 1 unspecified atom stereocenters. The number of rotatable bonds is 5. The van der Waals surface area contributed by atoms with Crippen LogP contribution in [0, 0.1) is 0 Å². The second-order valence-electron chi connectivity index (χ2n) is 8.33. The van der Waals surface area contributed by atoms with Crippen molar-refractivity contribution in [2.75, 3.05) is 34.1 Å². The molecule has 0 saturated heterocycles. The molecule has 2 aliphatic heterocycles. The summed E-state index contributed by atoms with van der Waals surface area (Å²) >= 11 is 0. The fraction of sp³-hybridized carbons (Fsp3) is 0.360. The van der Waals surface area contributed by atoms with Gasteiger partial charge in [0.25, 0.3) is 5.56 Å². The molecule has 9 heteroatoms. The molecule has 2 N–H and O–H groups in total. The van der Waals surface area contributed by atoms with Crippen LogP contribution in [-0.4, -0.2) is 50.0 Å². The molecule has 1 aromatic heterocycles. The van der Waals surface area contributed by atoms with Crippen LogP contribution in [-0.2, 0) is 6.42 Å². The van der Waals surface area contributed by atoms with Gasteiger partial charge in [0.2, 0.25) is 6.79 Å². The fourth-order valence-electron chi connectivity index (χ4n) is 4.65. The van der Waals surface area contributed by atoms with Gasteiger partial charge in [0, 0.05) is 30.1 Å². The van der Waals surface area contributed by atoms with Gasteiger partial charge in [0.1, 0.15) is 0 Å². The number of benzene rings is 2. The van der Waals surface area contributed by atoms with E-state index in [1.165, 1.54) is 0 Å². The van der Waals surface area contributed by atoms with Gasteiger partial charge >= 0.3 is 6.03 Å². The van der Waals surface area contributed by atoms with Gasteiger partial charge in [-0.25, -0.2) is 4.79 Å². The Labute approximate surface area is 196 Å². The highest BCUT2D eigenvalue weighted by Crippen LogP contribution is 2.41. The third-order valence-corrected chi connectivity index (χ3v) is 6.32. The van der Waals surface area contributed by atoms with Crippen molar-refractivity contribution in [3.63, 3.8) is 0 Å². The smallest absolute Gasteiger partial charge is 0.318 e. The van der Waals surface area contributed by atoms with Crippen LogP contribution in [0.25, 0.3) is 10.9 Å². The number of fused-ring (bicyclic) bond motifs is 3. The average molecular weight is 466 g/mol. The number of aromatic amines is 1. The number of amides is 2. The number of carbonyl (C=O) groups excluding carboxylic acids is 1. The van der Waals surface area contributed by atoms with Crippen LogP contribution in [0.2, 0.25) is 0 Å². The third kappa shape index (κ3) is 3.67. The number of carbonyl (C=O) groups is 1. The number of ether oxygens (including phenoxy) is 4. The maximum absolute atomic E-state index is 13.4. The van der Waals surface area contributed by atoms with Crippen molar-refractivity contribution in [1.29, 1.82) is 0 Å². The van der Waals surface area contributed by atoms with Gasteiger partial charge < -0.3 is 34.1 Å². The van der Waals surface area contributed by atoms with Crippen molar-refractivity contribution in [3.05, 3.63) is 57.4 Å². The predicted octanol–water partition coefficient (Wildman–Crippen LogP) is 3.34. The van der Waals surface area contributed by atoms with E-state index in [1.807, 2.05) is 31.2 Å². The Hall–Kier alpha value is -3.88. The zero-order valence-corrected chi connectivity index (χ0v) is 19.4. The van der Waals surface area contributed by atoms with Crippen molar-refractivity contribution >= 4 is 16.9 Å². The number of nitrogens with zero attached hydrogens (tertiary/aromatic N) is 1. The van der Waals surface area contributed by atoms with Crippen molar-refractivity contribution in [1.82, 2.24) is 15.2 Å². The first-order valence-electron chi connectivity index (χ1n) is 11.3. The number of H-pyrrole nitrogens is 1. The van der Waals surface area contributed by atoms with E-state index in [4.69, 9.17) is 18.9 Å². The summed E-state index contributed by atoms with van der Waals surface area (Å²) in [5.41, 5.74) is 2.68. The number of aromatic nitrogens is 1. The maximum atomic E-state index is 13.4. The van der Waals surface area contributed by atoms with E-state index < -0.39 is 6.04 Å². The predicted molar refractivity (Wildman–Crippen MR) is 126 cm³/mol. The highest BCUT2D eigenvalue weighted by Gasteiger charge is 2.35. The molecule has 1 atom stereocenters. The van der Waals surface area contributed by atoms with Crippen LogP contribution in [0.5, 0.6) is 23.0 Å². The third-order valence-electron chi connectivity index (χ3n) is 6.32. The zero-order valence-electron chi connectivity index (χ0n) is 19.4. The minimum Gasteiger partial charge on any atom is -0.493 e. The summed E-state index contributed by atoms with van der Waals surface area (Å²) in [5, 5.41) is 3.75. The van der Waals surface area contributed by atoms with E-state index >= 15 is 0 Å². The Morgan fingerprint density at radius 1 is 1.09 bits per heavy atom. The van der Waals surface area contributed by atoms with E-state index in [-0.39, 0.29) is 18.4 Å². The molecule has 3 heterocycles. The van der Waals surface area contributed by atoms with Gasteiger partial charge in [0.05, 0.1) is 25.8 Å². The molecule has 0 radical (unpaired) electrons. The van der Waals surface area contributed by atoms with Crippen molar-refractivity contribution in [2.24, 2.45) is 0 Å². The van der Waals surface area contributed by atoms with Gasteiger partial charge in [-0.15, -0.1) is 0 Å². The van der Waals surface area contributed by atoms with Gasteiger partial charge in [-0.2, -0.15) is 0 Å². The largest absolute Gasteiger partial charge is 0.493 e. The molecular formula is C25H27N3O6. The van der Waals surface area contributed by atoms with E-state index in [1.54, 1.807) is 25.2 Å². The van der Waals surface area contributed by atoms with Crippen molar-refractivity contribution < 1.29 is 23.7 Å². The van der Waals surface area contributed by atoms with E-state index in [0.717, 1.165) is 22.9 Å². The minimum absolute atomic E-state index is 0.145. The lowest BCUT2D eigenvalue weighted by atomic mass is 9.88. The highest BCUT2D eigenvalue weighted by atomic mass is 16.7. The van der Waals surface area contributed by atoms with Gasteiger partial charge in [-0.3, -0.25) is 4.79 Å². The molecule has 0 fully saturated rings. The Bertz CT molecular complexity index is 1320. The summed E-state index contributed by atoms with van der Waals surface area (Å²) in [4.78, 5) is 31.2. The SMILES string of the molecule is CCCNC(=O)N1CCc2cc(OC)c(OC)cc2C1c1cc2cc3c(cc2[nH]c1=O)OCO3. The first-order chi connectivity index (χ1) is 16.5. The minimum atomic E-state index is -0.598.